The van der Waals surface area contributed by atoms with Crippen LogP contribution >= 0.6 is 0 Å². The number of carbonyl (C=O) groups excluding carboxylic acids is 4. The molecule has 0 aliphatic carbocycles. The molecule has 0 saturated heterocycles. The lowest BCUT2D eigenvalue weighted by molar-refractivity contribution is 0.0563. The van der Waals surface area contributed by atoms with Crippen molar-refractivity contribution in [3.05, 3.63) is 95.1 Å². The van der Waals surface area contributed by atoms with Crippen LogP contribution in [0, 0.1) is 11.8 Å². The van der Waals surface area contributed by atoms with Crippen LogP contribution < -0.4 is 0 Å². The molecule has 2 atom stereocenters. The summed E-state index contributed by atoms with van der Waals surface area (Å²) < 4.78 is 0. The molecule has 4 N–H and O–H groups in total. The Morgan fingerprint density at radius 2 is 0.641 bits per heavy atom. The van der Waals surface area contributed by atoms with Gasteiger partial charge in [0.2, 0.25) is 0 Å². The Morgan fingerprint density at radius 3 is 0.987 bits per heavy atom. The van der Waals surface area contributed by atoms with E-state index in [0.717, 1.165) is 103 Å². The number of nitrogens with zero attached hydrogens (tertiary/aromatic N) is 2. The van der Waals surface area contributed by atoms with Crippen LogP contribution in [0.4, 0.5) is 0 Å². The second-order valence-electron chi connectivity index (χ2n) is 22.9. The number of imide groups is 2. The van der Waals surface area contributed by atoms with Crippen LogP contribution in [0.5, 0.6) is 23.0 Å². The molecule has 2 aliphatic heterocycles. The van der Waals surface area contributed by atoms with E-state index in [1.807, 2.05) is 36.4 Å². The van der Waals surface area contributed by atoms with Gasteiger partial charge in [-0.3, -0.25) is 29.0 Å². The minimum Gasteiger partial charge on any atom is -0.504 e. The van der Waals surface area contributed by atoms with Gasteiger partial charge in [-0.05, 0) is 141 Å². The Kier molecular flexibility index (Phi) is 18.3. The van der Waals surface area contributed by atoms with Crippen molar-refractivity contribution in [2.45, 2.75) is 182 Å². The summed E-state index contributed by atoms with van der Waals surface area (Å²) in [4.78, 5) is 64.0. The van der Waals surface area contributed by atoms with Gasteiger partial charge in [0.15, 0.2) is 23.0 Å². The van der Waals surface area contributed by atoms with E-state index in [2.05, 4.69) is 27.7 Å². The molecule has 0 saturated carbocycles. The molecular formula is C68H82N2O8. The minimum atomic E-state index is -0.391. The predicted octanol–water partition coefficient (Wildman–Crippen LogP) is 17.8. The highest BCUT2D eigenvalue weighted by Gasteiger charge is 2.40. The monoisotopic (exact) mass is 1050 g/mol. The summed E-state index contributed by atoms with van der Waals surface area (Å²) >= 11 is 0. The number of hydrogen-bond donors (Lipinski definition) is 4. The SMILES string of the molecule is CCCCCCCCC(CCCCCC)CN1C(=O)c2ccc3c4c(-c5ccc(O)c(O)c5)cc5c6c(ccc(c7c(-c8ccc(O)c(O)c8)cc(c2c37)C1=O)c64)C(=O)N(CC(CCCCCC)CCCCCCCC)C5=O. The van der Waals surface area contributed by atoms with E-state index < -0.39 is 11.8 Å². The first-order valence-electron chi connectivity index (χ1n) is 30.0. The van der Waals surface area contributed by atoms with Crippen LogP contribution in [0.15, 0.2) is 72.8 Å². The van der Waals surface area contributed by atoms with Crippen molar-refractivity contribution in [3.63, 3.8) is 0 Å². The Morgan fingerprint density at radius 1 is 0.321 bits per heavy atom. The van der Waals surface area contributed by atoms with Gasteiger partial charge in [-0.2, -0.15) is 0 Å². The highest BCUT2D eigenvalue weighted by Crippen LogP contribution is 2.53. The third kappa shape index (κ3) is 11.3. The van der Waals surface area contributed by atoms with Crippen molar-refractivity contribution >= 4 is 66.7 Å². The summed E-state index contributed by atoms with van der Waals surface area (Å²) in [5.74, 6) is -2.50. The quantitative estimate of drug-likeness (QED) is 0.0114. The number of fused-ring (bicyclic) bond motifs is 2. The molecule has 0 aromatic heterocycles. The third-order valence-electron chi connectivity index (χ3n) is 17.3. The molecule has 0 radical (unpaired) electrons. The van der Waals surface area contributed by atoms with Gasteiger partial charge in [0.1, 0.15) is 0 Å². The van der Waals surface area contributed by atoms with Crippen LogP contribution in [0.2, 0.25) is 0 Å². The lowest BCUT2D eigenvalue weighted by Crippen LogP contribution is -2.43. The zero-order valence-corrected chi connectivity index (χ0v) is 46.8. The van der Waals surface area contributed by atoms with E-state index in [-0.39, 0.29) is 46.6 Å². The number of unbranched alkanes of at least 4 members (excludes halogenated alkanes) is 16. The van der Waals surface area contributed by atoms with E-state index in [1.165, 1.54) is 85.4 Å². The van der Waals surface area contributed by atoms with Crippen LogP contribution in [-0.2, 0) is 0 Å². The summed E-state index contributed by atoms with van der Waals surface area (Å²) in [6, 6.07) is 20.3. The first kappa shape index (κ1) is 56.1. The first-order chi connectivity index (χ1) is 37.9. The zero-order chi connectivity index (χ0) is 55.0. The molecule has 10 nitrogen and oxygen atoms in total. The molecular weight excluding hydrogens is 973 g/mol. The number of aromatic hydroxyl groups is 4. The Hall–Kier alpha value is -6.68. The largest absolute Gasteiger partial charge is 0.504 e. The van der Waals surface area contributed by atoms with Crippen LogP contribution in [0.3, 0.4) is 0 Å². The fraction of sp³-hybridized carbons (Fsp3) is 0.471. The molecule has 10 heteroatoms. The fourth-order valence-electron chi connectivity index (χ4n) is 13.1. The molecule has 0 fully saturated rings. The van der Waals surface area contributed by atoms with Crippen molar-refractivity contribution in [1.29, 1.82) is 0 Å². The summed E-state index contributed by atoms with van der Waals surface area (Å²) in [7, 11) is 0. The van der Waals surface area contributed by atoms with Crippen LogP contribution in [-0.4, -0.2) is 66.9 Å². The Bertz CT molecular complexity index is 3100. The zero-order valence-electron chi connectivity index (χ0n) is 46.8. The summed E-state index contributed by atoms with van der Waals surface area (Å²) in [6.45, 7) is 9.44. The van der Waals surface area contributed by atoms with Gasteiger partial charge in [-0.1, -0.05) is 180 Å². The number of rotatable bonds is 30. The van der Waals surface area contributed by atoms with E-state index in [0.29, 0.717) is 101 Å². The highest BCUT2D eigenvalue weighted by atomic mass is 16.3. The maximum Gasteiger partial charge on any atom is 0.261 e. The highest BCUT2D eigenvalue weighted by molar-refractivity contribution is 6.44. The molecule has 78 heavy (non-hydrogen) atoms. The normalized spacial score (nSPS) is 14.4. The lowest BCUT2D eigenvalue weighted by atomic mass is 9.77. The summed E-state index contributed by atoms with van der Waals surface area (Å²) in [5.41, 5.74) is 3.68. The molecule has 2 unspecified atom stereocenters. The van der Waals surface area contributed by atoms with Gasteiger partial charge in [0.25, 0.3) is 23.6 Å². The molecule has 9 rings (SSSR count). The second-order valence-corrected chi connectivity index (χ2v) is 22.9. The Balaban J connectivity index is 1.23. The minimum absolute atomic E-state index is 0.137. The van der Waals surface area contributed by atoms with Gasteiger partial charge in [0.05, 0.1) is 0 Å². The fourth-order valence-corrected chi connectivity index (χ4v) is 13.1. The van der Waals surface area contributed by atoms with Gasteiger partial charge in [0, 0.05) is 46.1 Å². The Labute approximate surface area is 461 Å². The van der Waals surface area contributed by atoms with Crippen molar-refractivity contribution in [2.24, 2.45) is 11.8 Å². The van der Waals surface area contributed by atoms with Crippen molar-refractivity contribution in [1.82, 2.24) is 9.80 Å². The molecule has 0 spiro atoms. The van der Waals surface area contributed by atoms with Crippen molar-refractivity contribution < 1.29 is 39.6 Å². The number of benzene rings is 7. The number of amides is 4. The summed E-state index contributed by atoms with van der Waals surface area (Å²) in [5, 5.41) is 48.4. The van der Waals surface area contributed by atoms with E-state index in [9.17, 15) is 20.4 Å². The molecule has 7 aromatic rings. The summed E-state index contributed by atoms with van der Waals surface area (Å²) in [6.07, 6.45) is 26.3. The number of phenolic OH excluding ortho intramolecular Hbond substituents is 4. The van der Waals surface area contributed by atoms with Crippen molar-refractivity contribution in [2.75, 3.05) is 13.1 Å². The van der Waals surface area contributed by atoms with Gasteiger partial charge in [-0.15, -0.1) is 0 Å². The number of carbonyl (C=O) groups is 4. The topological polar surface area (TPSA) is 156 Å². The standard InChI is InChI=1S/C68H82N2O8/c1-5-9-13-17-19-23-27-43(25-21-15-11-7-3)41-69-65(75)49-33-31-47-60-52(46-30-36-56(72)58(74)38-46)40-54-62-50(66(76)70(68(54)78)42-44(26-22-16-12-8-4)28-24-20-18-14-10-6-2)34-32-48(64(60)62)59-51(45-29-35-55(71)57(73)37-45)39-53(67(69)77)61(49)63(47)59/h29-40,43-44,71-74H,5-28,41-42H2,1-4H3. The molecule has 2 aliphatic rings. The third-order valence-corrected chi connectivity index (χ3v) is 17.3. The number of hydrogen-bond acceptors (Lipinski definition) is 8. The van der Waals surface area contributed by atoms with Gasteiger partial charge >= 0.3 is 0 Å². The molecule has 2 heterocycles. The predicted molar refractivity (Wildman–Crippen MR) is 316 cm³/mol. The molecule has 7 aromatic carbocycles. The van der Waals surface area contributed by atoms with E-state index in [1.54, 1.807) is 12.1 Å². The number of phenols is 4. The smallest absolute Gasteiger partial charge is 0.261 e. The maximum absolute atomic E-state index is 15.4. The molecule has 0 bridgehead atoms. The maximum atomic E-state index is 15.4. The average Bonchev–Trinajstić information content (AvgIpc) is 3.61. The van der Waals surface area contributed by atoms with Gasteiger partial charge in [-0.25, -0.2) is 0 Å². The van der Waals surface area contributed by atoms with Crippen molar-refractivity contribution in [3.8, 4) is 45.3 Å². The van der Waals surface area contributed by atoms with E-state index >= 15 is 19.2 Å². The first-order valence-corrected chi connectivity index (χ1v) is 30.0. The lowest BCUT2D eigenvalue weighted by Gasteiger charge is -2.33. The van der Waals surface area contributed by atoms with E-state index in [4.69, 9.17) is 0 Å². The molecule has 412 valence electrons. The van der Waals surface area contributed by atoms with Gasteiger partial charge < -0.3 is 20.4 Å². The van der Waals surface area contributed by atoms with Crippen LogP contribution in [0.1, 0.15) is 223 Å². The van der Waals surface area contributed by atoms with Crippen LogP contribution in [0.25, 0.3) is 65.3 Å². The second kappa shape index (κ2) is 25.4. The molecule has 4 amide bonds. The average molecular weight is 1060 g/mol.